The normalized spacial score (nSPS) is 14.9. The Balaban J connectivity index is 2.05. The Morgan fingerprint density at radius 2 is 2.41 bits per heavy atom. The second kappa shape index (κ2) is 5.31. The zero-order valence-electron chi connectivity index (χ0n) is 10.1. The molecule has 0 bridgehead atoms. The van der Waals surface area contributed by atoms with E-state index in [1.807, 2.05) is 6.07 Å². The lowest BCUT2D eigenvalue weighted by Crippen LogP contribution is -2.35. The number of aryl methyl sites for hydroxylation is 1. The molecular formula is C12H19N3O2. The molecule has 1 amide bonds. The number of carbonyl (C=O) groups is 1. The van der Waals surface area contributed by atoms with Crippen molar-refractivity contribution in [3.8, 4) is 0 Å². The summed E-state index contributed by atoms with van der Waals surface area (Å²) in [6.45, 7) is 2.50. The van der Waals surface area contributed by atoms with Crippen LogP contribution in [0, 0.1) is 0 Å². The highest BCUT2D eigenvalue weighted by atomic mass is 16.3. The highest BCUT2D eigenvalue weighted by Crippen LogP contribution is 2.27. The quantitative estimate of drug-likeness (QED) is 0.774. The Bertz CT molecular complexity index is 385. The second-order valence-corrected chi connectivity index (χ2v) is 4.48. The zero-order valence-corrected chi connectivity index (χ0v) is 10.1. The van der Waals surface area contributed by atoms with Gasteiger partial charge >= 0.3 is 0 Å². The molecule has 5 nitrogen and oxygen atoms in total. The van der Waals surface area contributed by atoms with Crippen LogP contribution in [0.25, 0.3) is 0 Å². The van der Waals surface area contributed by atoms with Crippen molar-refractivity contribution in [1.82, 2.24) is 15.1 Å². The molecule has 0 spiro atoms. The molecule has 0 atom stereocenters. The summed E-state index contributed by atoms with van der Waals surface area (Å²) in [5.74, 6) is -0.0693. The molecule has 1 aromatic rings. The van der Waals surface area contributed by atoms with Crippen molar-refractivity contribution in [3.63, 3.8) is 0 Å². The molecule has 0 aliphatic heterocycles. The minimum absolute atomic E-state index is 0.00841. The third kappa shape index (κ3) is 2.85. The SMILES string of the molecule is CCCc1cc(C(=O)N(CCO)C2CC2)n[nH]1. The third-order valence-electron chi connectivity index (χ3n) is 2.96. The topological polar surface area (TPSA) is 69.2 Å². The molecule has 1 aliphatic rings. The first-order valence-corrected chi connectivity index (χ1v) is 6.22. The van der Waals surface area contributed by atoms with Crippen LogP contribution in [0.15, 0.2) is 6.07 Å². The number of H-pyrrole nitrogens is 1. The van der Waals surface area contributed by atoms with Crippen molar-refractivity contribution < 1.29 is 9.90 Å². The summed E-state index contributed by atoms with van der Waals surface area (Å²) in [7, 11) is 0. The molecule has 0 saturated heterocycles. The monoisotopic (exact) mass is 237 g/mol. The standard InChI is InChI=1S/C12H19N3O2/c1-2-3-9-8-11(14-13-9)12(17)15(6-7-16)10-4-5-10/h8,10,16H,2-7H2,1H3,(H,13,14). The Morgan fingerprint density at radius 3 is 3.00 bits per heavy atom. The van der Waals surface area contributed by atoms with Crippen molar-refractivity contribution in [2.45, 2.75) is 38.6 Å². The van der Waals surface area contributed by atoms with Crippen molar-refractivity contribution >= 4 is 5.91 Å². The van der Waals surface area contributed by atoms with Crippen LogP contribution in [0.5, 0.6) is 0 Å². The van der Waals surface area contributed by atoms with Gasteiger partial charge in [-0.05, 0) is 25.3 Å². The fourth-order valence-corrected chi connectivity index (χ4v) is 1.96. The van der Waals surface area contributed by atoms with E-state index in [2.05, 4.69) is 17.1 Å². The molecule has 94 valence electrons. The first-order chi connectivity index (χ1) is 8.26. The Labute approximate surface area is 101 Å². The van der Waals surface area contributed by atoms with Crippen LogP contribution in [0.1, 0.15) is 42.4 Å². The van der Waals surface area contributed by atoms with Gasteiger partial charge in [-0.1, -0.05) is 13.3 Å². The maximum Gasteiger partial charge on any atom is 0.274 e. The largest absolute Gasteiger partial charge is 0.395 e. The van der Waals surface area contributed by atoms with Crippen LogP contribution in [-0.2, 0) is 6.42 Å². The predicted octanol–water partition coefficient (Wildman–Crippen LogP) is 0.959. The highest BCUT2D eigenvalue weighted by Gasteiger charge is 2.33. The number of aliphatic hydroxyl groups is 1. The summed E-state index contributed by atoms with van der Waals surface area (Å²) in [4.78, 5) is 13.9. The van der Waals surface area contributed by atoms with E-state index in [9.17, 15) is 4.79 Å². The van der Waals surface area contributed by atoms with Gasteiger partial charge in [0.2, 0.25) is 0 Å². The van der Waals surface area contributed by atoms with E-state index in [0.29, 0.717) is 18.3 Å². The molecule has 2 rings (SSSR count). The van der Waals surface area contributed by atoms with E-state index in [4.69, 9.17) is 5.11 Å². The van der Waals surface area contributed by atoms with Gasteiger partial charge in [0, 0.05) is 18.3 Å². The zero-order chi connectivity index (χ0) is 12.3. The van der Waals surface area contributed by atoms with Gasteiger partial charge in [0.15, 0.2) is 0 Å². The van der Waals surface area contributed by atoms with Gasteiger partial charge in [0.1, 0.15) is 5.69 Å². The van der Waals surface area contributed by atoms with Gasteiger partial charge in [-0.2, -0.15) is 5.10 Å². The van der Waals surface area contributed by atoms with Gasteiger partial charge in [-0.3, -0.25) is 9.89 Å². The number of aromatic nitrogens is 2. The fraction of sp³-hybridized carbons (Fsp3) is 0.667. The van der Waals surface area contributed by atoms with E-state index in [1.165, 1.54) is 0 Å². The Morgan fingerprint density at radius 1 is 1.65 bits per heavy atom. The molecule has 1 aromatic heterocycles. The molecular weight excluding hydrogens is 218 g/mol. The summed E-state index contributed by atoms with van der Waals surface area (Å²) >= 11 is 0. The lowest BCUT2D eigenvalue weighted by Gasteiger charge is -2.19. The Hall–Kier alpha value is -1.36. The predicted molar refractivity (Wildman–Crippen MR) is 63.7 cm³/mol. The number of nitrogens with zero attached hydrogens (tertiary/aromatic N) is 2. The highest BCUT2D eigenvalue weighted by molar-refractivity contribution is 5.92. The number of hydrogen-bond acceptors (Lipinski definition) is 3. The molecule has 0 radical (unpaired) electrons. The molecule has 1 heterocycles. The minimum Gasteiger partial charge on any atom is -0.395 e. The number of amides is 1. The molecule has 0 unspecified atom stereocenters. The first-order valence-electron chi connectivity index (χ1n) is 6.22. The minimum atomic E-state index is -0.0693. The molecule has 1 aliphatic carbocycles. The number of aromatic amines is 1. The number of carbonyl (C=O) groups excluding carboxylic acids is 1. The summed E-state index contributed by atoms with van der Waals surface area (Å²) in [5, 5.41) is 15.9. The maximum atomic E-state index is 12.2. The van der Waals surface area contributed by atoms with E-state index in [-0.39, 0.29) is 12.5 Å². The first kappa shape index (κ1) is 12.1. The van der Waals surface area contributed by atoms with Gasteiger partial charge in [0.05, 0.1) is 6.61 Å². The van der Waals surface area contributed by atoms with Crippen molar-refractivity contribution in [2.75, 3.05) is 13.2 Å². The summed E-state index contributed by atoms with van der Waals surface area (Å²) in [5.41, 5.74) is 1.46. The van der Waals surface area contributed by atoms with Crippen LogP contribution in [0.2, 0.25) is 0 Å². The van der Waals surface area contributed by atoms with Gasteiger partial charge in [0.25, 0.3) is 5.91 Å². The van der Waals surface area contributed by atoms with Crippen molar-refractivity contribution in [2.24, 2.45) is 0 Å². The second-order valence-electron chi connectivity index (χ2n) is 4.48. The molecule has 1 saturated carbocycles. The van der Waals surface area contributed by atoms with E-state index < -0.39 is 0 Å². The molecule has 0 aromatic carbocycles. The fourth-order valence-electron chi connectivity index (χ4n) is 1.96. The number of nitrogens with one attached hydrogen (secondary N) is 1. The van der Waals surface area contributed by atoms with E-state index >= 15 is 0 Å². The molecule has 1 fully saturated rings. The van der Waals surface area contributed by atoms with Gasteiger partial charge in [-0.15, -0.1) is 0 Å². The lowest BCUT2D eigenvalue weighted by atomic mass is 10.2. The Kier molecular flexibility index (Phi) is 3.78. The average Bonchev–Trinajstić information content (AvgIpc) is 3.06. The molecule has 17 heavy (non-hydrogen) atoms. The summed E-state index contributed by atoms with van der Waals surface area (Å²) < 4.78 is 0. The molecule has 2 N–H and O–H groups in total. The molecule has 5 heteroatoms. The van der Waals surface area contributed by atoms with E-state index in [0.717, 1.165) is 31.4 Å². The van der Waals surface area contributed by atoms with E-state index in [1.54, 1.807) is 4.90 Å². The van der Waals surface area contributed by atoms with Crippen LogP contribution >= 0.6 is 0 Å². The summed E-state index contributed by atoms with van der Waals surface area (Å²) in [6.07, 6.45) is 4.01. The number of rotatable bonds is 6. The van der Waals surface area contributed by atoms with Crippen molar-refractivity contribution in [3.05, 3.63) is 17.5 Å². The number of aliphatic hydroxyl groups excluding tert-OH is 1. The van der Waals surface area contributed by atoms with Crippen molar-refractivity contribution in [1.29, 1.82) is 0 Å². The van der Waals surface area contributed by atoms with Gasteiger partial charge < -0.3 is 10.0 Å². The van der Waals surface area contributed by atoms with Crippen LogP contribution in [0.3, 0.4) is 0 Å². The van der Waals surface area contributed by atoms with Crippen LogP contribution in [-0.4, -0.2) is 45.3 Å². The third-order valence-corrected chi connectivity index (χ3v) is 2.96. The maximum absolute atomic E-state index is 12.2. The number of hydrogen-bond donors (Lipinski definition) is 2. The summed E-state index contributed by atoms with van der Waals surface area (Å²) in [6, 6.07) is 2.12. The average molecular weight is 237 g/mol. The smallest absolute Gasteiger partial charge is 0.274 e. The van der Waals surface area contributed by atoms with Crippen LogP contribution in [0.4, 0.5) is 0 Å². The van der Waals surface area contributed by atoms with Gasteiger partial charge in [-0.25, -0.2) is 0 Å². The van der Waals surface area contributed by atoms with Crippen LogP contribution < -0.4 is 0 Å². The lowest BCUT2D eigenvalue weighted by molar-refractivity contribution is 0.0701.